The number of rotatable bonds is 10. The Morgan fingerprint density at radius 1 is 0.947 bits per heavy atom. The molecule has 1 amide bonds. The number of nitriles is 2. The van der Waals surface area contributed by atoms with E-state index in [0.29, 0.717) is 48.5 Å². The summed E-state index contributed by atoms with van der Waals surface area (Å²) in [6, 6.07) is 24.4. The first-order valence-electron chi connectivity index (χ1n) is 12.1. The van der Waals surface area contributed by atoms with Crippen molar-refractivity contribution in [3.63, 3.8) is 0 Å². The van der Waals surface area contributed by atoms with Crippen molar-refractivity contribution < 1.29 is 9.53 Å². The Morgan fingerprint density at radius 3 is 2.29 bits per heavy atom. The number of azo groups is 1. The van der Waals surface area contributed by atoms with E-state index in [-0.39, 0.29) is 11.7 Å². The Hall–Kier alpha value is -5.02. The highest BCUT2D eigenvalue weighted by atomic mass is 16.5. The Bertz CT molecular complexity index is 1380. The predicted octanol–water partition coefficient (Wildman–Crippen LogP) is 5.82. The van der Waals surface area contributed by atoms with E-state index in [0.717, 1.165) is 16.8 Å². The van der Waals surface area contributed by atoms with Gasteiger partial charge in [-0.15, -0.1) is 15.3 Å². The molecule has 0 aliphatic heterocycles. The number of nitrogens with zero attached hydrogens (tertiary/aromatic N) is 6. The molecule has 9 nitrogen and oxygen atoms in total. The maximum absolute atomic E-state index is 12.7. The van der Waals surface area contributed by atoms with Crippen molar-refractivity contribution in [2.45, 2.75) is 26.7 Å². The summed E-state index contributed by atoms with van der Waals surface area (Å²) in [5.41, 5.74) is 7.04. The number of amidine groups is 1. The number of anilines is 1. The zero-order valence-electron chi connectivity index (χ0n) is 21.7. The first-order valence-corrected chi connectivity index (χ1v) is 12.1. The molecule has 3 aromatic carbocycles. The van der Waals surface area contributed by atoms with Gasteiger partial charge in [0.05, 0.1) is 43.3 Å². The van der Waals surface area contributed by atoms with Gasteiger partial charge in [-0.05, 0) is 55.8 Å². The molecule has 3 aromatic rings. The first-order chi connectivity index (χ1) is 18.4. The van der Waals surface area contributed by atoms with Gasteiger partial charge >= 0.3 is 0 Å². The molecule has 0 radical (unpaired) electrons. The molecule has 0 saturated heterocycles. The molecule has 0 saturated carbocycles. The van der Waals surface area contributed by atoms with Crippen molar-refractivity contribution in [2.24, 2.45) is 15.3 Å². The summed E-state index contributed by atoms with van der Waals surface area (Å²) in [5, 5.41) is 31.0. The fourth-order valence-corrected chi connectivity index (χ4v) is 3.61. The number of hydrogen-bond acceptors (Lipinski definition) is 7. The lowest BCUT2D eigenvalue weighted by molar-refractivity contribution is 0.0955. The third-order valence-electron chi connectivity index (χ3n) is 5.62. The van der Waals surface area contributed by atoms with Crippen LogP contribution < -0.4 is 15.1 Å². The third-order valence-corrected chi connectivity index (χ3v) is 5.62. The Labute approximate surface area is 222 Å². The van der Waals surface area contributed by atoms with Gasteiger partial charge in [0, 0.05) is 30.4 Å². The minimum atomic E-state index is -0.386. The summed E-state index contributed by atoms with van der Waals surface area (Å²) < 4.78 is 5.65. The van der Waals surface area contributed by atoms with Gasteiger partial charge in [0.2, 0.25) is 5.84 Å². The molecule has 0 fully saturated rings. The Morgan fingerprint density at radius 2 is 1.66 bits per heavy atom. The maximum Gasteiger partial charge on any atom is 0.271 e. The van der Waals surface area contributed by atoms with Gasteiger partial charge < -0.3 is 9.64 Å². The Kier molecular flexibility index (Phi) is 10.1. The lowest BCUT2D eigenvalue weighted by Crippen LogP contribution is -2.25. The number of hydrogen-bond donors (Lipinski definition) is 1. The molecule has 0 unspecified atom stereocenters. The third kappa shape index (κ3) is 7.74. The van der Waals surface area contributed by atoms with Crippen LogP contribution in [0.15, 0.2) is 82.1 Å². The lowest BCUT2D eigenvalue weighted by atomic mass is 10.1. The van der Waals surface area contributed by atoms with Crippen LogP contribution in [-0.2, 0) is 0 Å². The van der Waals surface area contributed by atoms with Crippen molar-refractivity contribution in [1.29, 1.82) is 10.5 Å². The SMILES string of the molecule is COc1cc(N(CCC#N)CCC#N)ccc1/C(N=Nc1cccc(C)c1)=N\NC(=O)c1ccc(C)cc1. The second-order valence-electron chi connectivity index (χ2n) is 8.47. The predicted molar refractivity (Wildman–Crippen MR) is 147 cm³/mol. The molecule has 3 rings (SSSR count). The van der Waals surface area contributed by atoms with Crippen molar-refractivity contribution in [3.05, 3.63) is 89.0 Å². The zero-order chi connectivity index (χ0) is 27.3. The number of hydrazone groups is 1. The number of benzene rings is 3. The van der Waals surface area contributed by atoms with Crippen LogP contribution in [0.2, 0.25) is 0 Å². The average Bonchev–Trinajstić information content (AvgIpc) is 2.93. The van der Waals surface area contributed by atoms with Crippen LogP contribution in [-0.4, -0.2) is 31.9 Å². The van der Waals surface area contributed by atoms with Crippen LogP contribution in [0.25, 0.3) is 0 Å². The fraction of sp³-hybridized carbons (Fsp3) is 0.241. The monoisotopic (exact) mass is 507 g/mol. The highest BCUT2D eigenvalue weighted by Crippen LogP contribution is 2.28. The van der Waals surface area contributed by atoms with Crippen LogP contribution in [0.4, 0.5) is 11.4 Å². The Balaban J connectivity index is 1.99. The summed E-state index contributed by atoms with van der Waals surface area (Å²) in [6.45, 7) is 4.85. The van der Waals surface area contributed by atoms with Crippen molar-refractivity contribution >= 4 is 23.1 Å². The van der Waals surface area contributed by atoms with Gasteiger partial charge in [-0.2, -0.15) is 10.5 Å². The second-order valence-corrected chi connectivity index (χ2v) is 8.47. The number of aryl methyl sites for hydroxylation is 2. The van der Waals surface area contributed by atoms with Crippen LogP contribution in [0.5, 0.6) is 5.75 Å². The van der Waals surface area contributed by atoms with Crippen LogP contribution in [0.3, 0.4) is 0 Å². The van der Waals surface area contributed by atoms with E-state index < -0.39 is 0 Å². The van der Waals surface area contributed by atoms with E-state index in [4.69, 9.17) is 15.3 Å². The minimum Gasteiger partial charge on any atom is -0.496 e. The van der Waals surface area contributed by atoms with Crippen molar-refractivity contribution in [3.8, 4) is 17.9 Å². The molecule has 0 aliphatic rings. The molecule has 192 valence electrons. The number of nitrogens with one attached hydrogen (secondary N) is 1. The normalized spacial score (nSPS) is 11.0. The van der Waals surface area contributed by atoms with E-state index in [2.05, 4.69) is 32.9 Å². The van der Waals surface area contributed by atoms with E-state index in [1.807, 2.05) is 61.2 Å². The molecular formula is C29H29N7O2. The molecule has 0 aromatic heterocycles. The van der Waals surface area contributed by atoms with Crippen LogP contribution >= 0.6 is 0 Å². The fourth-order valence-electron chi connectivity index (χ4n) is 3.61. The lowest BCUT2D eigenvalue weighted by Gasteiger charge is -2.23. The van der Waals surface area contributed by atoms with Gasteiger partial charge in [0.1, 0.15) is 5.75 Å². The molecular weight excluding hydrogens is 478 g/mol. The quantitative estimate of drug-likeness (QED) is 0.160. The number of carbonyl (C=O) groups excluding carboxylic acids is 1. The van der Waals surface area contributed by atoms with Gasteiger partial charge in [0.25, 0.3) is 5.91 Å². The smallest absolute Gasteiger partial charge is 0.271 e. The molecule has 38 heavy (non-hydrogen) atoms. The molecule has 9 heteroatoms. The van der Waals surface area contributed by atoms with Crippen molar-refractivity contribution in [1.82, 2.24) is 5.43 Å². The number of amides is 1. The van der Waals surface area contributed by atoms with Gasteiger partial charge in [0.15, 0.2) is 0 Å². The zero-order valence-corrected chi connectivity index (χ0v) is 21.7. The molecule has 0 heterocycles. The molecule has 0 atom stereocenters. The average molecular weight is 508 g/mol. The number of methoxy groups -OCH3 is 1. The summed E-state index contributed by atoms with van der Waals surface area (Å²) >= 11 is 0. The minimum absolute atomic E-state index is 0.149. The van der Waals surface area contributed by atoms with Crippen LogP contribution in [0, 0.1) is 36.5 Å². The van der Waals surface area contributed by atoms with Gasteiger partial charge in [-0.25, -0.2) is 5.43 Å². The maximum atomic E-state index is 12.7. The molecule has 0 spiro atoms. The van der Waals surface area contributed by atoms with E-state index >= 15 is 0 Å². The highest BCUT2D eigenvalue weighted by molar-refractivity contribution is 6.03. The number of ether oxygens (including phenoxy) is 1. The summed E-state index contributed by atoms with van der Waals surface area (Å²) in [4.78, 5) is 14.7. The molecule has 0 bridgehead atoms. The van der Waals surface area contributed by atoms with Gasteiger partial charge in [-0.1, -0.05) is 29.8 Å². The standard InChI is InChI=1S/C29H29N7O2/c1-21-9-11-23(12-10-21)29(37)35-34-28(33-32-24-8-4-7-22(2)19-24)26-14-13-25(20-27(26)38-3)36(17-5-15-30)18-6-16-31/h4,7-14,19-20H,5-6,17-18H2,1-3H3,(H,35,37)/b33-32?,34-28+. The largest absolute Gasteiger partial charge is 0.496 e. The molecule has 1 N–H and O–H groups in total. The topological polar surface area (TPSA) is 126 Å². The van der Waals surface area contributed by atoms with E-state index in [1.165, 1.54) is 7.11 Å². The second kappa shape index (κ2) is 13.9. The summed E-state index contributed by atoms with van der Waals surface area (Å²) in [7, 11) is 1.53. The van der Waals surface area contributed by atoms with Gasteiger partial charge in [-0.3, -0.25) is 4.79 Å². The van der Waals surface area contributed by atoms with Crippen LogP contribution in [0.1, 0.15) is 39.9 Å². The number of carbonyl (C=O) groups is 1. The highest BCUT2D eigenvalue weighted by Gasteiger charge is 2.16. The molecule has 0 aliphatic carbocycles. The summed E-state index contributed by atoms with van der Waals surface area (Å²) in [6.07, 6.45) is 0.635. The summed E-state index contributed by atoms with van der Waals surface area (Å²) in [5.74, 6) is 0.215. The van der Waals surface area contributed by atoms with E-state index in [9.17, 15) is 4.79 Å². The van der Waals surface area contributed by atoms with E-state index in [1.54, 1.807) is 24.3 Å². The van der Waals surface area contributed by atoms with Crippen molar-refractivity contribution in [2.75, 3.05) is 25.1 Å². The first kappa shape index (κ1) is 27.6.